The largest absolute Gasteiger partial charge is 0.405 e. The lowest BCUT2D eigenvalue weighted by Crippen LogP contribution is -2.56. The smallest absolute Gasteiger partial charge is 0.326 e. The molecule has 0 aromatic rings. The Balaban J connectivity index is 4.97. The van der Waals surface area contributed by atoms with Gasteiger partial charge in [-0.25, -0.2) is 0 Å². The van der Waals surface area contributed by atoms with E-state index in [9.17, 15) is 13.2 Å². The van der Waals surface area contributed by atoms with Crippen LogP contribution in [0, 0.1) is 11.8 Å². The van der Waals surface area contributed by atoms with E-state index in [1.807, 2.05) is 27.7 Å². The van der Waals surface area contributed by atoms with Gasteiger partial charge in [-0.05, 0) is 44.2 Å². The molecule has 0 aromatic carbocycles. The zero-order valence-electron chi connectivity index (χ0n) is 13.5. The summed E-state index contributed by atoms with van der Waals surface area (Å²) in [5, 5.41) is 0. The highest BCUT2D eigenvalue weighted by atomic mass is 19.4. The lowest BCUT2D eigenvalue weighted by Gasteiger charge is -2.37. The summed E-state index contributed by atoms with van der Waals surface area (Å²) >= 11 is 0. The Hall–Kier alpha value is -0.290. The monoisotopic (exact) mass is 296 g/mol. The van der Waals surface area contributed by atoms with Crippen LogP contribution in [0.25, 0.3) is 0 Å². The Bertz CT molecular complexity index is 240. The molecule has 2 nitrogen and oxygen atoms in total. The van der Waals surface area contributed by atoms with Gasteiger partial charge in [0.25, 0.3) is 0 Å². The van der Waals surface area contributed by atoms with Gasteiger partial charge >= 0.3 is 6.18 Å². The van der Waals surface area contributed by atoms with Gasteiger partial charge in [-0.2, -0.15) is 13.2 Å². The van der Waals surface area contributed by atoms with Crippen LogP contribution in [0.1, 0.15) is 53.9 Å². The molecule has 2 N–H and O–H groups in total. The summed E-state index contributed by atoms with van der Waals surface area (Å²) in [6.07, 6.45) is -2.39. The zero-order chi connectivity index (χ0) is 15.9. The minimum absolute atomic E-state index is 0.337. The highest BCUT2D eigenvalue weighted by Gasteiger charge is 2.46. The lowest BCUT2D eigenvalue weighted by molar-refractivity contribution is -0.190. The predicted molar refractivity (Wildman–Crippen MR) is 78.6 cm³/mol. The molecular formula is C15H31F3N2. The number of nitrogens with two attached hydrogens (primary N) is 1. The van der Waals surface area contributed by atoms with E-state index >= 15 is 0 Å². The number of alkyl halides is 3. The van der Waals surface area contributed by atoms with Gasteiger partial charge < -0.3 is 5.73 Å². The van der Waals surface area contributed by atoms with Crippen LogP contribution in [0.4, 0.5) is 13.2 Å². The first-order chi connectivity index (χ1) is 9.09. The van der Waals surface area contributed by atoms with E-state index in [0.717, 1.165) is 12.8 Å². The second-order valence-corrected chi connectivity index (χ2v) is 6.46. The maximum atomic E-state index is 13.3. The van der Waals surface area contributed by atoms with Crippen LogP contribution in [-0.4, -0.2) is 36.2 Å². The molecule has 0 heterocycles. The second kappa shape index (κ2) is 8.88. The van der Waals surface area contributed by atoms with E-state index in [1.165, 1.54) is 0 Å². The molecule has 0 rings (SSSR count). The van der Waals surface area contributed by atoms with Crippen LogP contribution in [0.15, 0.2) is 0 Å². The van der Waals surface area contributed by atoms with E-state index in [1.54, 1.807) is 11.8 Å². The normalized spacial score (nSPS) is 16.2. The van der Waals surface area contributed by atoms with Crippen LogP contribution < -0.4 is 5.73 Å². The van der Waals surface area contributed by atoms with Crippen LogP contribution >= 0.6 is 0 Å². The van der Waals surface area contributed by atoms with Gasteiger partial charge in [0.15, 0.2) is 0 Å². The molecule has 20 heavy (non-hydrogen) atoms. The lowest BCUT2D eigenvalue weighted by atomic mass is 10.0. The molecule has 0 aliphatic carbocycles. The van der Waals surface area contributed by atoms with Crippen molar-refractivity contribution in [3.05, 3.63) is 0 Å². The SMILES string of the molecule is CCC(N)C(N(CCC(C)C)CCC(C)C)C(F)(F)F. The average Bonchev–Trinajstić information content (AvgIpc) is 2.29. The van der Waals surface area contributed by atoms with E-state index in [0.29, 0.717) is 31.3 Å². The van der Waals surface area contributed by atoms with Crippen molar-refractivity contribution in [3.8, 4) is 0 Å². The van der Waals surface area contributed by atoms with Crippen molar-refractivity contribution in [1.82, 2.24) is 4.90 Å². The number of nitrogens with zero attached hydrogens (tertiary/aromatic N) is 1. The number of rotatable bonds is 9. The topological polar surface area (TPSA) is 29.3 Å². The summed E-state index contributed by atoms with van der Waals surface area (Å²) in [7, 11) is 0. The molecule has 122 valence electrons. The quantitative estimate of drug-likeness (QED) is 0.695. The fourth-order valence-corrected chi connectivity index (χ4v) is 2.18. The summed E-state index contributed by atoms with van der Waals surface area (Å²) in [5.41, 5.74) is 5.76. The fourth-order valence-electron chi connectivity index (χ4n) is 2.18. The van der Waals surface area contributed by atoms with Crippen molar-refractivity contribution < 1.29 is 13.2 Å². The highest BCUT2D eigenvalue weighted by molar-refractivity contribution is 4.88. The summed E-state index contributed by atoms with van der Waals surface area (Å²) in [6.45, 7) is 10.8. The van der Waals surface area contributed by atoms with Crippen molar-refractivity contribution in [2.24, 2.45) is 17.6 Å². The minimum atomic E-state index is -4.26. The van der Waals surface area contributed by atoms with E-state index in [2.05, 4.69) is 0 Å². The molecule has 0 saturated carbocycles. The molecule has 2 unspecified atom stereocenters. The summed E-state index contributed by atoms with van der Waals surface area (Å²) in [4.78, 5) is 1.55. The van der Waals surface area contributed by atoms with E-state index < -0.39 is 18.3 Å². The Morgan fingerprint density at radius 1 is 0.950 bits per heavy atom. The maximum absolute atomic E-state index is 13.3. The third kappa shape index (κ3) is 7.48. The first kappa shape index (κ1) is 19.7. The Labute approximate surface area is 121 Å². The van der Waals surface area contributed by atoms with Gasteiger partial charge in [-0.3, -0.25) is 4.90 Å². The standard InChI is InChI=1S/C15H31F3N2/c1-6-13(19)14(15(16,17)18)20(9-7-11(2)3)10-8-12(4)5/h11-14H,6-10,19H2,1-5H3. The maximum Gasteiger partial charge on any atom is 0.405 e. The molecular weight excluding hydrogens is 265 g/mol. The predicted octanol–water partition coefficient (Wildman–Crippen LogP) is 4.05. The van der Waals surface area contributed by atoms with Crippen molar-refractivity contribution in [2.45, 2.75) is 72.1 Å². The van der Waals surface area contributed by atoms with Gasteiger partial charge in [-0.1, -0.05) is 34.6 Å². The molecule has 2 atom stereocenters. The van der Waals surface area contributed by atoms with Crippen molar-refractivity contribution in [2.75, 3.05) is 13.1 Å². The second-order valence-electron chi connectivity index (χ2n) is 6.46. The molecule has 0 saturated heterocycles. The van der Waals surface area contributed by atoms with Gasteiger partial charge in [0.1, 0.15) is 6.04 Å². The summed E-state index contributed by atoms with van der Waals surface area (Å²) < 4.78 is 40.0. The first-order valence-corrected chi connectivity index (χ1v) is 7.65. The van der Waals surface area contributed by atoms with Gasteiger partial charge in [0.05, 0.1) is 0 Å². The molecule has 0 spiro atoms. The molecule has 0 amide bonds. The Morgan fingerprint density at radius 2 is 1.35 bits per heavy atom. The number of hydrogen-bond acceptors (Lipinski definition) is 2. The van der Waals surface area contributed by atoms with Crippen molar-refractivity contribution in [1.29, 1.82) is 0 Å². The Morgan fingerprint density at radius 3 is 1.60 bits per heavy atom. The van der Waals surface area contributed by atoms with Crippen LogP contribution in [0.3, 0.4) is 0 Å². The van der Waals surface area contributed by atoms with Crippen molar-refractivity contribution in [3.63, 3.8) is 0 Å². The Kier molecular flexibility index (Phi) is 8.75. The zero-order valence-corrected chi connectivity index (χ0v) is 13.5. The third-order valence-corrected chi connectivity index (χ3v) is 3.59. The minimum Gasteiger partial charge on any atom is -0.326 e. The molecule has 0 radical (unpaired) electrons. The van der Waals surface area contributed by atoms with Gasteiger partial charge in [0.2, 0.25) is 0 Å². The molecule has 5 heteroatoms. The molecule has 0 fully saturated rings. The van der Waals surface area contributed by atoms with Crippen LogP contribution in [0.2, 0.25) is 0 Å². The summed E-state index contributed by atoms with van der Waals surface area (Å²) in [6, 6.07) is -2.38. The molecule has 0 aliphatic heterocycles. The van der Waals surface area contributed by atoms with Gasteiger partial charge in [-0.15, -0.1) is 0 Å². The molecule has 0 aliphatic rings. The van der Waals surface area contributed by atoms with Crippen LogP contribution in [0.5, 0.6) is 0 Å². The number of hydrogen-bond donors (Lipinski definition) is 1. The third-order valence-electron chi connectivity index (χ3n) is 3.59. The molecule has 0 aromatic heterocycles. The first-order valence-electron chi connectivity index (χ1n) is 7.65. The fraction of sp³-hybridized carbons (Fsp3) is 1.00. The molecule has 0 bridgehead atoms. The van der Waals surface area contributed by atoms with E-state index in [-0.39, 0.29) is 0 Å². The van der Waals surface area contributed by atoms with Crippen molar-refractivity contribution >= 4 is 0 Å². The number of halogens is 3. The van der Waals surface area contributed by atoms with Gasteiger partial charge in [0, 0.05) is 6.04 Å². The average molecular weight is 296 g/mol. The van der Waals surface area contributed by atoms with Crippen LogP contribution in [-0.2, 0) is 0 Å². The highest BCUT2D eigenvalue weighted by Crippen LogP contribution is 2.29. The van der Waals surface area contributed by atoms with E-state index in [4.69, 9.17) is 5.73 Å². The summed E-state index contributed by atoms with van der Waals surface area (Å²) in [5.74, 6) is 0.784.